The minimum absolute atomic E-state index is 0. The molecule has 145 valence electrons. The van der Waals surface area contributed by atoms with Gasteiger partial charge in [-0.1, -0.05) is 26.0 Å². The molecule has 3 fully saturated rings. The maximum Gasteiger partial charge on any atom is 0 e. The Morgan fingerprint density at radius 3 is 2.19 bits per heavy atom. The van der Waals surface area contributed by atoms with Gasteiger partial charge in [0.05, 0.1) is 0 Å². The van der Waals surface area contributed by atoms with E-state index in [-0.39, 0.29) is 32.7 Å². The van der Waals surface area contributed by atoms with Gasteiger partial charge in [0.25, 0.3) is 0 Å². The van der Waals surface area contributed by atoms with Gasteiger partial charge in [0, 0.05) is 32.7 Å². The predicted molar refractivity (Wildman–Crippen MR) is 111 cm³/mol. The SMILES string of the molecule is C/C=C/CC1CCC2C(CCC3CC(c4cc(C)[c-]c(C)c4)CCC32)C1.[Y]. The van der Waals surface area contributed by atoms with Gasteiger partial charge in [0.15, 0.2) is 0 Å². The van der Waals surface area contributed by atoms with Crippen LogP contribution in [0.2, 0.25) is 0 Å². The second-order valence-electron chi connectivity index (χ2n) is 9.70. The number of benzene rings is 1. The van der Waals surface area contributed by atoms with Crippen molar-refractivity contribution in [2.24, 2.45) is 29.6 Å². The molecule has 1 aromatic carbocycles. The Hall–Kier alpha value is 0.0639. The minimum atomic E-state index is 0. The van der Waals surface area contributed by atoms with Gasteiger partial charge in [-0.15, -0.1) is 0 Å². The molecule has 6 atom stereocenters. The third-order valence-corrected chi connectivity index (χ3v) is 7.99. The summed E-state index contributed by atoms with van der Waals surface area (Å²) in [5, 5.41) is 0. The van der Waals surface area contributed by atoms with Gasteiger partial charge in [-0.05, 0) is 100 Å². The van der Waals surface area contributed by atoms with Crippen molar-refractivity contribution >= 4 is 0 Å². The first-order chi connectivity index (χ1) is 12.6. The smallest absolute Gasteiger partial charge is 0 e. The van der Waals surface area contributed by atoms with Crippen molar-refractivity contribution in [1.29, 1.82) is 0 Å². The molecule has 0 saturated heterocycles. The van der Waals surface area contributed by atoms with Crippen LogP contribution >= 0.6 is 0 Å². The quantitative estimate of drug-likeness (QED) is 0.341. The number of allylic oxidation sites excluding steroid dienone is 2. The van der Waals surface area contributed by atoms with E-state index in [4.69, 9.17) is 0 Å². The van der Waals surface area contributed by atoms with Crippen molar-refractivity contribution in [2.45, 2.75) is 84.5 Å². The van der Waals surface area contributed by atoms with Crippen molar-refractivity contribution < 1.29 is 32.7 Å². The van der Waals surface area contributed by atoms with E-state index in [2.05, 4.69) is 51.1 Å². The topological polar surface area (TPSA) is 0 Å². The zero-order chi connectivity index (χ0) is 18.1. The predicted octanol–water partition coefficient (Wildman–Crippen LogP) is 7.39. The van der Waals surface area contributed by atoms with Crippen molar-refractivity contribution in [3.8, 4) is 0 Å². The fraction of sp³-hybridized carbons (Fsp3) is 0.692. The summed E-state index contributed by atoms with van der Waals surface area (Å²) < 4.78 is 0. The van der Waals surface area contributed by atoms with E-state index in [0.29, 0.717) is 0 Å². The van der Waals surface area contributed by atoms with Crippen LogP contribution in [-0.4, -0.2) is 0 Å². The molecule has 1 aromatic rings. The molecule has 27 heavy (non-hydrogen) atoms. The Morgan fingerprint density at radius 1 is 0.889 bits per heavy atom. The van der Waals surface area contributed by atoms with E-state index >= 15 is 0 Å². The van der Waals surface area contributed by atoms with Crippen LogP contribution < -0.4 is 0 Å². The molecule has 0 bridgehead atoms. The van der Waals surface area contributed by atoms with Gasteiger partial charge < -0.3 is 0 Å². The molecule has 0 spiro atoms. The molecule has 0 nitrogen and oxygen atoms in total. The number of fused-ring (bicyclic) bond motifs is 3. The van der Waals surface area contributed by atoms with E-state index in [1.54, 1.807) is 5.56 Å². The normalized spacial score (nSPS) is 36.0. The summed E-state index contributed by atoms with van der Waals surface area (Å²) in [6.07, 6.45) is 17.9. The van der Waals surface area contributed by atoms with Crippen molar-refractivity contribution in [1.82, 2.24) is 0 Å². The zero-order valence-corrected chi connectivity index (χ0v) is 20.6. The van der Waals surface area contributed by atoms with E-state index in [0.717, 1.165) is 35.5 Å². The van der Waals surface area contributed by atoms with Gasteiger partial charge in [-0.25, -0.2) is 0 Å². The van der Waals surface area contributed by atoms with Crippen molar-refractivity contribution in [3.63, 3.8) is 0 Å². The van der Waals surface area contributed by atoms with Gasteiger partial charge in [0.2, 0.25) is 0 Å². The Morgan fingerprint density at radius 2 is 1.52 bits per heavy atom. The van der Waals surface area contributed by atoms with E-state index in [1.807, 2.05) is 0 Å². The molecule has 0 heterocycles. The van der Waals surface area contributed by atoms with Gasteiger partial charge in [-0.2, -0.15) is 34.9 Å². The largest absolute Gasteiger partial charge is 0.177 e. The summed E-state index contributed by atoms with van der Waals surface area (Å²) in [5.74, 6) is 5.95. The molecular formula is C26H37Y-. The zero-order valence-electron chi connectivity index (χ0n) is 17.7. The van der Waals surface area contributed by atoms with Crippen LogP contribution in [0.5, 0.6) is 0 Å². The monoisotopic (exact) mass is 438 g/mol. The summed E-state index contributed by atoms with van der Waals surface area (Å²) >= 11 is 0. The number of aryl methyl sites for hydroxylation is 2. The Labute approximate surface area is 192 Å². The van der Waals surface area contributed by atoms with Crippen LogP contribution in [-0.2, 0) is 32.7 Å². The van der Waals surface area contributed by atoms with Crippen LogP contribution in [0.4, 0.5) is 0 Å². The van der Waals surface area contributed by atoms with Crippen LogP contribution in [0.1, 0.15) is 87.3 Å². The maximum absolute atomic E-state index is 3.46. The van der Waals surface area contributed by atoms with E-state index in [1.165, 1.54) is 68.9 Å². The first-order valence-electron chi connectivity index (χ1n) is 11.3. The molecular weight excluding hydrogens is 401 g/mol. The third-order valence-electron chi connectivity index (χ3n) is 7.99. The molecule has 3 aliphatic rings. The van der Waals surface area contributed by atoms with Crippen molar-refractivity contribution in [3.05, 3.63) is 47.0 Å². The second kappa shape index (κ2) is 9.71. The summed E-state index contributed by atoms with van der Waals surface area (Å²) in [7, 11) is 0. The van der Waals surface area contributed by atoms with Crippen LogP contribution in [0.25, 0.3) is 0 Å². The summed E-state index contributed by atoms with van der Waals surface area (Å²) in [4.78, 5) is 0. The molecule has 3 saturated carbocycles. The molecule has 1 radical (unpaired) electrons. The Balaban J connectivity index is 0.00000210. The number of hydrogen-bond acceptors (Lipinski definition) is 0. The maximum atomic E-state index is 3.46. The molecule has 4 rings (SSSR count). The third kappa shape index (κ3) is 4.98. The van der Waals surface area contributed by atoms with Crippen LogP contribution in [0, 0.1) is 49.5 Å². The molecule has 6 unspecified atom stereocenters. The summed E-state index contributed by atoms with van der Waals surface area (Å²) in [6, 6.07) is 8.28. The molecule has 0 aromatic heterocycles. The van der Waals surface area contributed by atoms with Crippen LogP contribution in [0.15, 0.2) is 24.3 Å². The molecule has 0 aliphatic heterocycles. The summed E-state index contributed by atoms with van der Waals surface area (Å²) in [6.45, 7) is 6.59. The Bertz CT molecular complexity index is 625. The molecule has 0 N–H and O–H groups in total. The number of rotatable bonds is 3. The van der Waals surface area contributed by atoms with Crippen LogP contribution in [0.3, 0.4) is 0 Å². The standard InChI is InChI=1S/C26H37.Y/c1-4-5-6-20-7-11-25-22(16-20)8-9-23-17-21(10-12-26(23)25)24-14-18(2)13-19(3)15-24;/h4-5,14-15,20-23,25-26H,6-12,16-17H2,1-3H3;/q-1;/b5-4+;. The molecule has 1 heteroatoms. The molecule has 3 aliphatic carbocycles. The van der Waals surface area contributed by atoms with Gasteiger partial charge in [0.1, 0.15) is 0 Å². The van der Waals surface area contributed by atoms with E-state index < -0.39 is 0 Å². The fourth-order valence-electron chi connectivity index (χ4n) is 6.90. The average Bonchev–Trinajstić information content (AvgIpc) is 2.64. The second-order valence-corrected chi connectivity index (χ2v) is 9.70. The summed E-state index contributed by atoms with van der Waals surface area (Å²) in [5.41, 5.74) is 4.25. The van der Waals surface area contributed by atoms with E-state index in [9.17, 15) is 0 Å². The van der Waals surface area contributed by atoms with Crippen molar-refractivity contribution in [2.75, 3.05) is 0 Å². The average molecular weight is 438 g/mol. The minimum Gasteiger partial charge on any atom is -0.177 e. The Kier molecular flexibility index (Phi) is 7.83. The molecule has 0 amide bonds. The number of hydrogen-bond donors (Lipinski definition) is 0. The van der Waals surface area contributed by atoms with Gasteiger partial charge >= 0.3 is 0 Å². The first-order valence-corrected chi connectivity index (χ1v) is 11.3. The van der Waals surface area contributed by atoms with Gasteiger partial charge in [-0.3, -0.25) is 0 Å². The fourth-order valence-corrected chi connectivity index (χ4v) is 6.90. The first kappa shape index (κ1) is 21.8.